The Bertz CT molecular complexity index is 1060. The number of hydrogen-bond donors (Lipinski definition) is 1. The van der Waals surface area contributed by atoms with Crippen molar-refractivity contribution in [2.24, 2.45) is 0 Å². The van der Waals surface area contributed by atoms with Gasteiger partial charge in [-0.3, -0.25) is 4.79 Å². The summed E-state index contributed by atoms with van der Waals surface area (Å²) in [5, 5.41) is 3.12. The molecule has 1 N–H and O–H groups in total. The number of halogens is 1. The number of hydrogen-bond acceptors (Lipinski definition) is 5. The summed E-state index contributed by atoms with van der Waals surface area (Å²) in [6.07, 6.45) is 0.628. The Kier molecular flexibility index (Phi) is 7.32. The van der Waals surface area contributed by atoms with Crippen LogP contribution in [0.5, 0.6) is 0 Å². The van der Waals surface area contributed by atoms with Gasteiger partial charge in [-0.1, -0.05) is 30.3 Å². The van der Waals surface area contributed by atoms with E-state index in [9.17, 15) is 18.0 Å². The van der Waals surface area contributed by atoms with E-state index in [4.69, 9.17) is 16.3 Å². The van der Waals surface area contributed by atoms with Crippen LogP contribution in [0.3, 0.4) is 0 Å². The molecule has 0 unspecified atom stereocenters. The van der Waals surface area contributed by atoms with Gasteiger partial charge in [0.2, 0.25) is 15.9 Å². The second-order valence-electron chi connectivity index (χ2n) is 6.79. The number of nitrogens with zero attached hydrogens (tertiary/aromatic N) is 2. The van der Waals surface area contributed by atoms with Gasteiger partial charge >= 0.3 is 6.09 Å². The predicted octanol–water partition coefficient (Wildman–Crippen LogP) is 3.11. The van der Waals surface area contributed by atoms with Gasteiger partial charge in [0.05, 0.1) is 4.90 Å². The van der Waals surface area contributed by atoms with Gasteiger partial charge in [-0.25, -0.2) is 13.2 Å². The number of piperazine rings is 1. The number of benzene rings is 2. The van der Waals surface area contributed by atoms with Crippen LogP contribution in [0, 0.1) is 0 Å². The van der Waals surface area contributed by atoms with Crippen LogP contribution >= 0.6 is 11.6 Å². The Morgan fingerprint density at radius 3 is 2.39 bits per heavy atom. The fourth-order valence-corrected chi connectivity index (χ4v) is 4.66. The van der Waals surface area contributed by atoms with Crippen molar-refractivity contribution in [1.29, 1.82) is 0 Å². The minimum atomic E-state index is -3.71. The molecule has 0 radical (unpaired) electrons. The van der Waals surface area contributed by atoms with Crippen molar-refractivity contribution in [2.75, 3.05) is 31.5 Å². The van der Waals surface area contributed by atoms with E-state index in [1.807, 2.05) is 0 Å². The van der Waals surface area contributed by atoms with E-state index >= 15 is 0 Å². The molecular weight excluding hydrogens is 442 g/mol. The van der Waals surface area contributed by atoms with E-state index in [0.29, 0.717) is 10.7 Å². The summed E-state index contributed by atoms with van der Waals surface area (Å²) >= 11 is 5.92. The Balaban J connectivity index is 1.54. The Hall–Kier alpha value is -2.88. The lowest BCUT2D eigenvalue weighted by Gasteiger charge is -2.33. The van der Waals surface area contributed by atoms with Crippen molar-refractivity contribution < 1.29 is 22.7 Å². The third kappa shape index (κ3) is 5.84. The monoisotopic (exact) mass is 463 g/mol. The minimum Gasteiger partial charge on any atom is -0.445 e. The molecule has 1 heterocycles. The lowest BCUT2D eigenvalue weighted by Crippen LogP contribution is -2.50. The SMILES string of the molecule is C=CC(=O)Nc1ccc(S(=O)(=O)N2CCN(C(=O)OCc3cccc(Cl)c3)CC2)cc1. The summed E-state index contributed by atoms with van der Waals surface area (Å²) < 4.78 is 32.4. The third-order valence-corrected chi connectivity index (χ3v) is 6.84. The van der Waals surface area contributed by atoms with Crippen LogP contribution in [0.4, 0.5) is 10.5 Å². The lowest BCUT2D eigenvalue weighted by atomic mass is 10.2. The molecule has 0 aromatic heterocycles. The molecule has 3 rings (SSSR count). The molecule has 0 aliphatic carbocycles. The summed E-state index contributed by atoms with van der Waals surface area (Å²) in [7, 11) is -3.71. The molecule has 31 heavy (non-hydrogen) atoms. The Morgan fingerprint density at radius 2 is 1.77 bits per heavy atom. The van der Waals surface area contributed by atoms with Crippen molar-refractivity contribution >= 4 is 39.3 Å². The molecule has 1 saturated heterocycles. The quantitative estimate of drug-likeness (QED) is 0.664. The molecular formula is C21H22ClN3O5S. The molecule has 1 aliphatic rings. The van der Waals surface area contributed by atoms with E-state index in [1.54, 1.807) is 24.3 Å². The van der Waals surface area contributed by atoms with E-state index in [-0.39, 0.29) is 43.6 Å². The van der Waals surface area contributed by atoms with Crippen molar-refractivity contribution in [3.8, 4) is 0 Å². The van der Waals surface area contributed by atoms with E-state index in [0.717, 1.165) is 11.6 Å². The molecule has 0 saturated carbocycles. The first-order valence-electron chi connectivity index (χ1n) is 9.49. The molecule has 2 amide bonds. The number of amides is 2. The number of rotatable bonds is 6. The standard InChI is InChI=1S/C21H22ClN3O5S/c1-2-20(26)23-18-6-8-19(9-7-18)31(28,29)25-12-10-24(11-13-25)21(27)30-15-16-4-3-5-17(22)14-16/h2-9,14H,1,10-13,15H2,(H,23,26). The summed E-state index contributed by atoms with van der Waals surface area (Å²) in [6.45, 7) is 4.22. The number of ether oxygens (including phenoxy) is 1. The van der Waals surface area contributed by atoms with Gasteiger partial charge in [0.15, 0.2) is 0 Å². The number of carbonyl (C=O) groups is 2. The van der Waals surface area contributed by atoms with Crippen LogP contribution in [0.1, 0.15) is 5.56 Å². The minimum absolute atomic E-state index is 0.0899. The first-order chi connectivity index (χ1) is 14.8. The number of anilines is 1. The molecule has 0 bridgehead atoms. The zero-order chi connectivity index (χ0) is 22.4. The summed E-state index contributed by atoms with van der Waals surface area (Å²) in [6, 6.07) is 12.9. The maximum Gasteiger partial charge on any atom is 0.410 e. The van der Waals surface area contributed by atoms with Gasteiger partial charge in [0, 0.05) is 36.9 Å². The van der Waals surface area contributed by atoms with Gasteiger partial charge in [0.1, 0.15) is 6.61 Å². The van der Waals surface area contributed by atoms with Crippen molar-refractivity contribution in [3.05, 3.63) is 71.8 Å². The van der Waals surface area contributed by atoms with Crippen LogP contribution in [0.25, 0.3) is 0 Å². The van der Waals surface area contributed by atoms with Crippen LogP contribution in [0.2, 0.25) is 5.02 Å². The first-order valence-corrected chi connectivity index (χ1v) is 11.3. The van der Waals surface area contributed by atoms with Crippen LogP contribution < -0.4 is 5.32 Å². The normalized spacial score (nSPS) is 14.7. The highest BCUT2D eigenvalue weighted by molar-refractivity contribution is 7.89. The molecule has 1 aliphatic heterocycles. The molecule has 2 aromatic carbocycles. The largest absolute Gasteiger partial charge is 0.445 e. The number of nitrogens with one attached hydrogen (secondary N) is 1. The fourth-order valence-electron chi connectivity index (χ4n) is 3.03. The van der Waals surface area contributed by atoms with Crippen LogP contribution in [-0.2, 0) is 26.2 Å². The average molecular weight is 464 g/mol. The fraction of sp³-hybridized carbons (Fsp3) is 0.238. The van der Waals surface area contributed by atoms with E-state index in [2.05, 4.69) is 11.9 Å². The third-order valence-electron chi connectivity index (χ3n) is 4.69. The highest BCUT2D eigenvalue weighted by atomic mass is 35.5. The van der Waals surface area contributed by atoms with Crippen LogP contribution in [-0.4, -0.2) is 55.8 Å². The van der Waals surface area contributed by atoms with Crippen molar-refractivity contribution in [2.45, 2.75) is 11.5 Å². The predicted molar refractivity (Wildman–Crippen MR) is 117 cm³/mol. The number of carbonyl (C=O) groups excluding carboxylic acids is 2. The molecule has 164 valence electrons. The molecule has 0 spiro atoms. The zero-order valence-corrected chi connectivity index (χ0v) is 18.2. The first kappa shape index (κ1) is 22.8. The van der Waals surface area contributed by atoms with Crippen molar-refractivity contribution in [3.63, 3.8) is 0 Å². The second kappa shape index (κ2) is 9.95. The Labute approximate surface area is 186 Å². The molecule has 1 fully saturated rings. The van der Waals surface area contributed by atoms with Gasteiger partial charge in [-0.15, -0.1) is 0 Å². The Morgan fingerprint density at radius 1 is 1.10 bits per heavy atom. The van der Waals surface area contributed by atoms with Crippen LogP contribution in [0.15, 0.2) is 66.1 Å². The summed E-state index contributed by atoms with van der Waals surface area (Å²) in [4.78, 5) is 25.2. The maximum atomic E-state index is 12.9. The van der Waals surface area contributed by atoms with Gasteiger partial charge in [0.25, 0.3) is 0 Å². The zero-order valence-electron chi connectivity index (χ0n) is 16.7. The highest BCUT2D eigenvalue weighted by Crippen LogP contribution is 2.20. The van der Waals surface area contributed by atoms with E-state index in [1.165, 1.54) is 33.5 Å². The van der Waals surface area contributed by atoms with E-state index < -0.39 is 16.1 Å². The van der Waals surface area contributed by atoms with Gasteiger partial charge in [-0.05, 0) is 48.0 Å². The smallest absolute Gasteiger partial charge is 0.410 e. The van der Waals surface area contributed by atoms with Crippen molar-refractivity contribution in [1.82, 2.24) is 9.21 Å². The summed E-state index contributed by atoms with van der Waals surface area (Å²) in [5.41, 5.74) is 1.24. The molecule has 2 aromatic rings. The van der Waals surface area contributed by atoms with Gasteiger partial charge in [-0.2, -0.15) is 4.31 Å². The second-order valence-corrected chi connectivity index (χ2v) is 9.17. The topological polar surface area (TPSA) is 96.0 Å². The average Bonchev–Trinajstić information content (AvgIpc) is 2.78. The molecule has 8 nitrogen and oxygen atoms in total. The molecule has 0 atom stereocenters. The number of sulfonamides is 1. The molecule has 10 heteroatoms. The lowest BCUT2D eigenvalue weighted by molar-refractivity contribution is -0.111. The van der Waals surface area contributed by atoms with Gasteiger partial charge < -0.3 is 15.0 Å². The summed E-state index contributed by atoms with van der Waals surface area (Å²) in [5.74, 6) is -0.381. The highest BCUT2D eigenvalue weighted by Gasteiger charge is 2.30. The maximum absolute atomic E-state index is 12.9.